The molecule has 0 saturated carbocycles. The van der Waals surface area contributed by atoms with E-state index in [1.54, 1.807) is 33.5 Å². The van der Waals surface area contributed by atoms with Crippen LogP contribution < -0.4 is 14.2 Å². The maximum atomic E-state index is 10.6. The summed E-state index contributed by atoms with van der Waals surface area (Å²) in [6.07, 6.45) is -0.0126. The number of ether oxygens (including phenoxy) is 4. The van der Waals surface area contributed by atoms with E-state index in [1.165, 1.54) is 0 Å². The van der Waals surface area contributed by atoms with Crippen LogP contribution in [-0.2, 0) is 4.74 Å². The summed E-state index contributed by atoms with van der Waals surface area (Å²) in [5, 5.41) is 10.6. The zero-order chi connectivity index (χ0) is 14.7. The van der Waals surface area contributed by atoms with Gasteiger partial charge in [-0.1, -0.05) is 6.92 Å². The van der Waals surface area contributed by atoms with Crippen LogP contribution in [0.4, 0.5) is 0 Å². The summed E-state index contributed by atoms with van der Waals surface area (Å²) in [6, 6.07) is 3.55. The van der Waals surface area contributed by atoms with Crippen molar-refractivity contribution in [1.82, 2.24) is 0 Å². The number of hydrogen-bond acceptors (Lipinski definition) is 5. The van der Waals surface area contributed by atoms with Crippen LogP contribution in [0.5, 0.6) is 17.2 Å². The molecule has 3 unspecified atom stereocenters. The standard InChI is InChI=1S/C15H22O5/c1-9-7-8-20-13(9)12(16)10-5-6-11(17-2)15(19-4)14(10)18-3/h5-6,9,12-13,16H,7-8H2,1-4H3. The highest BCUT2D eigenvalue weighted by Crippen LogP contribution is 2.44. The molecular formula is C15H22O5. The molecule has 2 rings (SSSR count). The van der Waals surface area contributed by atoms with Gasteiger partial charge in [0, 0.05) is 12.2 Å². The van der Waals surface area contributed by atoms with Crippen LogP contribution >= 0.6 is 0 Å². The summed E-state index contributed by atoms with van der Waals surface area (Å²) >= 11 is 0. The molecule has 0 radical (unpaired) electrons. The Morgan fingerprint density at radius 2 is 1.85 bits per heavy atom. The van der Waals surface area contributed by atoms with E-state index in [4.69, 9.17) is 18.9 Å². The molecule has 1 saturated heterocycles. The molecule has 1 aliphatic heterocycles. The maximum Gasteiger partial charge on any atom is 0.203 e. The zero-order valence-corrected chi connectivity index (χ0v) is 12.4. The topological polar surface area (TPSA) is 57.2 Å². The summed E-state index contributed by atoms with van der Waals surface area (Å²) in [4.78, 5) is 0. The first kappa shape index (κ1) is 14.9. The van der Waals surface area contributed by atoms with E-state index in [9.17, 15) is 5.11 Å². The third kappa shape index (κ3) is 2.55. The molecule has 1 aromatic carbocycles. The SMILES string of the molecule is COc1ccc(C(O)C2OCCC2C)c(OC)c1OC. The monoisotopic (exact) mass is 282 g/mol. The van der Waals surface area contributed by atoms with Gasteiger partial charge in [-0.2, -0.15) is 0 Å². The summed E-state index contributed by atoms with van der Waals surface area (Å²) in [6.45, 7) is 2.76. The van der Waals surface area contributed by atoms with Crippen molar-refractivity contribution in [1.29, 1.82) is 0 Å². The molecule has 5 nitrogen and oxygen atoms in total. The van der Waals surface area contributed by atoms with Gasteiger partial charge in [0.25, 0.3) is 0 Å². The van der Waals surface area contributed by atoms with Crippen molar-refractivity contribution in [3.05, 3.63) is 17.7 Å². The third-order valence-corrected chi connectivity index (χ3v) is 3.81. The molecule has 112 valence electrons. The Bertz CT molecular complexity index is 460. The van der Waals surface area contributed by atoms with Crippen LogP contribution in [0.2, 0.25) is 0 Å². The number of hydrogen-bond donors (Lipinski definition) is 1. The minimum absolute atomic E-state index is 0.220. The molecule has 0 bridgehead atoms. The lowest BCUT2D eigenvalue weighted by Gasteiger charge is -2.24. The van der Waals surface area contributed by atoms with Crippen LogP contribution in [0.3, 0.4) is 0 Å². The van der Waals surface area contributed by atoms with Gasteiger partial charge in [0.05, 0.1) is 27.4 Å². The minimum atomic E-state index is -0.748. The Hall–Kier alpha value is -1.46. The molecule has 1 aromatic rings. The molecule has 0 aliphatic carbocycles. The zero-order valence-electron chi connectivity index (χ0n) is 12.4. The number of methoxy groups -OCH3 is 3. The predicted molar refractivity (Wildman–Crippen MR) is 74.6 cm³/mol. The van der Waals surface area contributed by atoms with Crippen molar-refractivity contribution in [2.24, 2.45) is 5.92 Å². The van der Waals surface area contributed by atoms with Crippen LogP contribution in [0.1, 0.15) is 25.0 Å². The van der Waals surface area contributed by atoms with Crippen molar-refractivity contribution in [2.75, 3.05) is 27.9 Å². The average molecular weight is 282 g/mol. The van der Waals surface area contributed by atoms with Crippen molar-refractivity contribution < 1.29 is 24.1 Å². The fourth-order valence-corrected chi connectivity index (χ4v) is 2.66. The van der Waals surface area contributed by atoms with E-state index in [-0.39, 0.29) is 6.10 Å². The van der Waals surface area contributed by atoms with E-state index < -0.39 is 6.10 Å². The van der Waals surface area contributed by atoms with Gasteiger partial charge >= 0.3 is 0 Å². The van der Waals surface area contributed by atoms with Gasteiger partial charge in [-0.05, 0) is 24.5 Å². The van der Waals surface area contributed by atoms with E-state index in [0.717, 1.165) is 6.42 Å². The molecule has 0 spiro atoms. The lowest BCUT2D eigenvalue weighted by atomic mass is 9.94. The predicted octanol–water partition coefficient (Wildman–Crippen LogP) is 2.17. The van der Waals surface area contributed by atoms with Gasteiger partial charge in [-0.3, -0.25) is 0 Å². The second kappa shape index (κ2) is 6.33. The molecule has 1 fully saturated rings. The lowest BCUT2D eigenvalue weighted by Crippen LogP contribution is -2.23. The van der Waals surface area contributed by atoms with Crippen LogP contribution in [-0.4, -0.2) is 39.1 Å². The largest absolute Gasteiger partial charge is 0.493 e. The van der Waals surface area contributed by atoms with E-state index in [0.29, 0.717) is 35.3 Å². The van der Waals surface area contributed by atoms with Crippen LogP contribution in [0, 0.1) is 5.92 Å². The number of aliphatic hydroxyl groups is 1. The molecule has 3 atom stereocenters. The van der Waals surface area contributed by atoms with Gasteiger partial charge in [-0.25, -0.2) is 0 Å². The Morgan fingerprint density at radius 1 is 1.15 bits per heavy atom. The highest BCUT2D eigenvalue weighted by molar-refractivity contribution is 5.56. The highest BCUT2D eigenvalue weighted by atomic mass is 16.5. The summed E-state index contributed by atoms with van der Waals surface area (Å²) in [5.41, 5.74) is 0.656. The summed E-state index contributed by atoms with van der Waals surface area (Å²) in [7, 11) is 4.66. The summed E-state index contributed by atoms with van der Waals surface area (Å²) < 4.78 is 21.6. The lowest BCUT2D eigenvalue weighted by molar-refractivity contribution is -0.0189. The summed E-state index contributed by atoms with van der Waals surface area (Å²) in [5.74, 6) is 1.85. The first-order valence-corrected chi connectivity index (χ1v) is 6.72. The van der Waals surface area contributed by atoms with Crippen LogP contribution in [0.15, 0.2) is 12.1 Å². The normalized spacial score (nSPS) is 23.4. The Morgan fingerprint density at radius 3 is 2.35 bits per heavy atom. The Labute approximate surface area is 119 Å². The molecule has 5 heteroatoms. The Balaban J connectivity index is 2.40. The van der Waals surface area contributed by atoms with E-state index >= 15 is 0 Å². The van der Waals surface area contributed by atoms with Gasteiger partial charge in [-0.15, -0.1) is 0 Å². The number of aliphatic hydroxyl groups excluding tert-OH is 1. The van der Waals surface area contributed by atoms with Gasteiger partial charge < -0.3 is 24.1 Å². The molecule has 0 amide bonds. The van der Waals surface area contributed by atoms with Gasteiger partial charge in [0.2, 0.25) is 5.75 Å². The van der Waals surface area contributed by atoms with Crippen molar-refractivity contribution in [3.8, 4) is 17.2 Å². The quantitative estimate of drug-likeness (QED) is 0.897. The minimum Gasteiger partial charge on any atom is -0.493 e. The molecular weight excluding hydrogens is 260 g/mol. The van der Waals surface area contributed by atoms with Crippen molar-refractivity contribution in [3.63, 3.8) is 0 Å². The molecule has 20 heavy (non-hydrogen) atoms. The smallest absolute Gasteiger partial charge is 0.203 e. The second-order valence-corrected chi connectivity index (χ2v) is 4.97. The second-order valence-electron chi connectivity index (χ2n) is 4.97. The van der Waals surface area contributed by atoms with Crippen molar-refractivity contribution in [2.45, 2.75) is 25.6 Å². The third-order valence-electron chi connectivity index (χ3n) is 3.81. The van der Waals surface area contributed by atoms with E-state index in [1.807, 2.05) is 0 Å². The first-order valence-electron chi connectivity index (χ1n) is 6.72. The van der Waals surface area contributed by atoms with Gasteiger partial charge in [0.15, 0.2) is 11.5 Å². The fraction of sp³-hybridized carbons (Fsp3) is 0.600. The van der Waals surface area contributed by atoms with Crippen LogP contribution in [0.25, 0.3) is 0 Å². The molecule has 1 aliphatic rings. The highest BCUT2D eigenvalue weighted by Gasteiger charge is 2.34. The first-order chi connectivity index (χ1) is 9.63. The number of rotatable bonds is 5. The molecule has 1 N–H and O–H groups in total. The van der Waals surface area contributed by atoms with Crippen molar-refractivity contribution >= 4 is 0 Å². The van der Waals surface area contributed by atoms with Gasteiger partial charge in [0.1, 0.15) is 6.10 Å². The fourth-order valence-electron chi connectivity index (χ4n) is 2.66. The number of benzene rings is 1. The molecule has 0 aromatic heterocycles. The average Bonchev–Trinajstić information content (AvgIpc) is 2.90. The Kier molecular flexibility index (Phi) is 4.73. The van der Waals surface area contributed by atoms with E-state index in [2.05, 4.69) is 6.92 Å². The maximum absolute atomic E-state index is 10.6. The molecule has 1 heterocycles.